The summed E-state index contributed by atoms with van der Waals surface area (Å²) in [5, 5.41) is 10.8. The van der Waals surface area contributed by atoms with E-state index in [0.29, 0.717) is 23.8 Å². The second-order valence-corrected chi connectivity index (χ2v) is 7.86. The number of fused-ring (bicyclic) bond motifs is 2. The lowest BCUT2D eigenvalue weighted by molar-refractivity contribution is -0.384. The van der Waals surface area contributed by atoms with E-state index in [0.717, 1.165) is 30.6 Å². The second-order valence-electron chi connectivity index (χ2n) is 7.86. The molecular formula is C22H23NO5. The second kappa shape index (κ2) is 7.26. The topological polar surface area (TPSA) is 78.7 Å². The molecule has 2 aromatic carbocycles. The number of rotatable bonds is 6. The Hall–Kier alpha value is -2.89. The number of esters is 1. The van der Waals surface area contributed by atoms with Gasteiger partial charge in [0, 0.05) is 18.6 Å². The SMILES string of the molecule is COc1ccc(CC2(OC(=O)c3ccc([N+](=O)[O-])cc3)CC3CCC2C3)cc1. The highest BCUT2D eigenvalue weighted by atomic mass is 16.6. The fraction of sp³-hybridized carbons (Fsp3) is 0.409. The molecule has 0 radical (unpaired) electrons. The van der Waals surface area contributed by atoms with Gasteiger partial charge in [0.05, 0.1) is 17.6 Å². The van der Waals surface area contributed by atoms with Crippen LogP contribution in [0.25, 0.3) is 0 Å². The van der Waals surface area contributed by atoms with E-state index in [1.165, 1.54) is 30.7 Å². The van der Waals surface area contributed by atoms with Gasteiger partial charge in [0.1, 0.15) is 11.4 Å². The zero-order valence-corrected chi connectivity index (χ0v) is 15.8. The summed E-state index contributed by atoms with van der Waals surface area (Å²) in [6, 6.07) is 13.5. The van der Waals surface area contributed by atoms with E-state index in [2.05, 4.69) is 0 Å². The van der Waals surface area contributed by atoms with Crippen LogP contribution in [0.4, 0.5) is 5.69 Å². The first-order valence-electron chi connectivity index (χ1n) is 9.60. The molecule has 3 atom stereocenters. The van der Waals surface area contributed by atoms with E-state index >= 15 is 0 Å². The molecule has 2 saturated carbocycles. The molecule has 0 amide bonds. The van der Waals surface area contributed by atoms with E-state index in [9.17, 15) is 14.9 Å². The molecule has 146 valence electrons. The van der Waals surface area contributed by atoms with Crippen molar-refractivity contribution in [3.63, 3.8) is 0 Å². The van der Waals surface area contributed by atoms with Crippen LogP contribution >= 0.6 is 0 Å². The fourth-order valence-corrected chi connectivity index (χ4v) is 4.82. The Bertz CT molecular complexity index is 877. The minimum absolute atomic E-state index is 0.0376. The minimum atomic E-state index is -0.504. The first kappa shape index (κ1) is 18.5. The molecule has 6 nitrogen and oxygen atoms in total. The van der Waals surface area contributed by atoms with Crippen molar-refractivity contribution in [2.24, 2.45) is 11.8 Å². The van der Waals surface area contributed by atoms with Crippen LogP contribution in [-0.2, 0) is 11.2 Å². The van der Waals surface area contributed by atoms with Crippen LogP contribution in [0.2, 0.25) is 0 Å². The molecule has 2 bridgehead atoms. The number of hydrogen-bond donors (Lipinski definition) is 0. The van der Waals surface area contributed by atoms with E-state index in [1.807, 2.05) is 24.3 Å². The number of nitro benzene ring substituents is 1. The maximum Gasteiger partial charge on any atom is 0.338 e. The summed E-state index contributed by atoms with van der Waals surface area (Å²) >= 11 is 0. The summed E-state index contributed by atoms with van der Waals surface area (Å²) in [6.45, 7) is 0. The highest BCUT2D eigenvalue weighted by Gasteiger charge is 2.53. The molecule has 4 rings (SSSR count). The van der Waals surface area contributed by atoms with Crippen molar-refractivity contribution in [2.45, 2.75) is 37.7 Å². The standard InChI is InChI=1S/C22H23NO5/c1-27-20-10-3-15(4-11-20)13-22(14-16-2-7-18(22)12-16)28-21(24)17-5-8-19(9-6-17)23(25)26/h3-6,8-11,16,18H,2,7,12-14H2,1H3. The Kier molecular flexibility index (Phi) is 4.79. The van der Waals surface area contributed by atoms with Crippen molar-refractivity contribution in [3.05, 3.63) is 69.8 Å². The highest BCUT2D eigenvalue weighted by Crippen LogP contribution is 2.54. The number of nitro groups is 1. The molecule has 2 aromatic rings. The summed E-state index contributed by atoms with van der Waals surface area (Å²) in [4.78, 5) is 23.2. The molecule has 6 heteroatoms. The third-order valence-corrected chi connectivity index (χ3v) is 6.19. The molecule has 2 fully saturated rings. The summed E-state index contributed by atoms with van der Waals surface area (Å²) < 4.78 is 11.4. The molecule has 2 aliphatic carbocycles. The number of benzene rings is 2. The molecular weight excluding hydrogens is 358 g/mol. The van der Waals surface area contributed by atoms with Gasteiger partial charge in [-0.2, -0.15) is 0 Å². The maximum absolute atomic E-state index is 12.8. The Morgan fingerprint density at radius 1 is 1.14 bits per heavy atom. The van der Waals surface area contributed by atoms with Crippen LogP contribution in [0, 0.1) is 22.0 Å². The number of nitrogens with zero attached hydrogens (tertiary/aromatic N) is 1. The van der Waals surface area contributed by atoms with Crippen LogP contribution in [0.1, 0.15) is 41.6 Å². The Balaban J connectivity index is 1.56. The monoisotopic (exact) mass is 381 g/mol. The lowest BCUT2D eigenvalue weighted by Crippen LogP contribution is -2.42. The number of methoxy groups -OCH3 is 1. The first-order valence-corrected chi connectivity index (χ1v) is 9.60. The van der Waals surface area contributed by atoms with Crippen molar-refractivity contribution in [2.75, 3.05) is 7.11 Å². The summed E-state index contributed by atoms with van der Waals surface area (Å²) in [5.41, 5.74) is 0.924. The largest absolute Gasteiger partial charge is 0.497 e. The van der Waals surface area contributed by atoms with E-state index in [-0.39, 0.29) is 5.69 Å². The number of carbonyl (C=O) groups is 1. The first-order chi connectivity index (χ1) is 13.5. The molecule has 2 aliphatic rings. The van der Waals surface area contributed by atoms with Crippen LogP contribution in [-0.4, -0.2) is 23.6 Å². The number of hydrogen-bond acceptors (Lipinski definition) is 5. The van der Waals surface area contributed by atoms with Crippen molar-refractivity contribution >= 4 is 11.7 Å². The third-order valence-electron chi connectivity index (χ3n) is 6.19. The maximum atomic E-state index is 12.8. The van der Waals surface area contributed by atoms with Gasteiger partial charge < -0.3 is 9.47 Å². The van der Waals surface area contributed by atoms with E-state index in [1.54, 1.807) is 7.11 Å². The summed E-state index contributed by atoms with van der Waals surface area (Å²) in [6.07, 6.45) is 4.93. The van der Waals surface area contributed by atoms with Crippen molar-refractivity contribution < 1.29 is 19.2 Å². The predicted octanol–water partition coefficient (Wildman–Crippen LogP) is 4.56. The van der Waals surface area contributed by atoms with Gasteiger partial charge in [-0.3, -0.25) is 10.1 Å². The molecule has 0 spiro atoms. The molecule has 0 aromatic heterocycles. The van der Waals surface area contributed by atoms with Crippen molar-refractivity contribution in [1.82, 2.24) is 0 Å². The van der Waals surface area contributed by atoms with Gasteiger partial charge in [-0.05, 0) is 67.3 Å². The van der Waals surface area contributed by atoms with Gasteiger partial charge in [0.25, 0.3) is 5.69 Å². The van der Waals surface area contributed by atoms with Crippen molar-refractivity contribution in [1.29, 1.82) is 0 Å². The van der Waals surface area contributed by atoms with Crippen molar-refractivity contribution in [3.8, 4) is 5.75 Å². The van der Waals surface area contributed by atoms with Gasteiger partial charge in [-0.15, -0.1) is 0 Å². The average Bonchev–Trinajstić information content (AvgIpc) is 3.30. The molecule has 3 unspecified atom stereocenters. The van der Waals surface area contributed by atoms with Crippen LogP contribution in [0.15, 0.2) is 48.5 Å². The minimum Gasteiger partial charge on any atom is -0.497 e. The van der Waals surface area contributed by atoms with Crippen LogP contribution < -0.4 is 4.74 Å². The lowest BCUT2D eigenvalue weighted by Gasteiger charge is -2.37. The Morgan fingerprint density at radius 2 is 1.86 bits per heavy atom. The Labute approximate surface area is 163 Å². The summed E-state index contributed by atoms with van der Waals surface area (Å²) in [7, 11) is 1.64. The van der Waals surface area contributed by atoms with Gasteiger partial charge >= 0.3 is 5.97 Å². The van der Waals surface area contributed by atoms with Crippen LogP contribution in [0.3, 0.4) is 0 Å². The Morgan fingerprint density at radius 3 is 2.39 bits per heavy atom. The zero-order valence-electron chi connectivity index (χ0n) is 15.8. The summed E-state index contributed by atoms with van der Waals surface area (Å²) in [5.74, 6) is 1.36. The number of carbonyl (C=O) groups excluding carboxylic acids is 1. The number of non-ortho nitro benzene ring substituents is 1. The predicted molar refractivity (Wildman–Crippen MR) is 103 cm³/mol. The van der Waals surface area contributed by atoms with E-state index in [4.69, 9.17) is 9.47 Å². The van der Waals surface area contributed by atoms with Crippen LogP contribution in [0.5, 0.6) is 5.75 Å². The van der Waals surface area contributed by atoms with Gasteiger partial charge in [-0.1, -0.05) is 12.1 Å². The van der Waals surface area contributed by atoms with Gasteiger partial charge in [0.2, 0.25) is 0 Å². The lowest BCUT2D eigenvalue weighted by atomic mass is 9.79. The quantitative estimate of drug-likeness (QED) is 0.416. The average molecular weight is 381 g/mol. The van der Waals surface area contributed by atoms with Gasteiger partial charge in [-0.25, -0.2) is 4.79 Å². The third kappa shape index (κ3) is 3.46. The number of ether oxygens (including phenoxy) is 2. The molecule has 0 heterocycles. The zero-order chi connectivity index (χ0) is 19.7. The molecule has 28 heavy (non-hydrogen) atoms. The smallest absolute Gasteiger partial charge is 0.338 e. The van der Waals surface area contributed by atoms with Gasteiger partial charge in [0.15, 0.2) is 0 Å². The normalized spacial score (nSPS) is 25.5. The molecule has 0 N–H and O–H groups in total. The van der Waals surface area contributed by atoms with E-state index < -0.39 is 16.5 Å². The fourth-order valence-electron chi connectivity index (χ4n) is 4.82. The highest BCUT2D eigenvalue weighted by molar-refractivity contribution is 5.90. The molecule has 0 aliphatic heterocycles. The molecule has 0 saturated heterocycles.